The van der Waals surface area contributed by atoms with E-state index in [1.165, 1.54) is 0 Å². The Morgan fingerprint density at radius 3 is 2.60 bits per heavy atom. The molecule has 0 radical (unpaired) electrons. The van der Waals surface area contributed by atoms with Crippen LogP contribution in [0.15, 0.2) is 60.8 Å². The number of amides is 2. The highest BCUT2D eigenvalue weighted by Crippen LogP contribution is 2.32. The van der Waals surface area contributed by atoms with Crippen LogP contribution < -0.4 is 16.0 Å². The smallest absolute Gasteiger partial charge is 0.249 e. The van der Waals surface area contributed by atoms with Gasteiger partial charge in [0.15, 0.2) is 0 Å². The van der Waals surface area contributed by atoms with Crippen molar-refractivity contribution in [3.8, 4) is 22.5 Å². The lowest BCUT2D eigenvalue weighted by atomic mass is 9.79. The zero-order valence-corrected chi connectivity index (χ0v) is 23.6. The molecule has 220 valence electrons. The van der Waals surface area contributed by atoms with Crippen LogP contribution in [0, 0.1) is 5.41 Å². The number of anilines is 1. The van der Waals surface area contributed by atoms with E-state index in [-0.39, 0.29) is 12.3 Å². The summed E-state index contributed by atoms with van der Waals surface area (Å²) in [5.74, 6) is -0.196. The number of nitrogens with one attached hydrogen (secondary N) is 3. The van der Waals surface area contributed by atoms with E-state index < -0.39 is 36.1 Å². The van der Waals surface area contributed by atoms with Crippen molar-refractivity contribution in [2.75, 3.05) is 11.5 Å². The first kappa shape index (κ1) is 29.1. The first-order valence-corrected chi connectivity index (χ1v) is 13.9. The summed E-state index contributed by atoms with van der Waals surface area (Å²) in [6.45, 7) is 3.40. The number of fused-ring (bicyclic) bond motifs is 1. The molecule has 3 atom stereocenters. The third-order valence-electron chi connectivity index (χ3n) is 7.88. The fourth-order valence-corrected chi connectivity index (χ4v) is 5.46. The zero-order chi connectivity index (χ0) is 29.9. The molecule has 0 saturated heterocycles. The van der Waals surface area contributed by atoms with E-state index in [4.69, 9.17) is 5.73 Å². The Morgan fingerprint density at radius 2 is 1.90 bits per heavy atom. The number of aromatic amines is 2. The lowest BCUT2D eigenvalue weighted by Gasteiger charge is -2.33. The molecule has 7 N–H and O–H groups in total. The van der Waals surface area contributed by atoms with Gasteiger partial charge in [0, 0.05) is 17.5 Å². The monoisotopic (exact) mass is 572 g/mol. The Morgan fingerprint density at radius 1 is 1.17 bits per heavy atom. The molecular weight excluding hydrogens is 536 g/mol. The molecule has 2 aromatic heterocycles. The van der Waals surface area contributed by atoms with Crippen LogP contribution in [0.1, 0.15) is 37.9 Å². The van der Waals surface area contributed by atoms with Gasteiger partial charge < -0.3 is 31.1 Å². The van der Waals surface area contributed by atoms with Gasteiger partial charge in [-0.2, -0.15) is 5.21 Å². The summed E-state index contributed by atoms with van der Waals surface area (Å²) in [7, 11) is 0. The molecule has 0 bridgehead atoms. The number of aryl methyl sites for hydroxylation is 1. The molecule has 2 aromatic carbocycles. The first-order chi connectivity index (χ1) is 20.2. The van der Waals surface area contributed by atoms with Crippen LogP contribution in [-0.4, -0.2) is 72.4 Å². The van der Waals surface area contributed by atoms with Crippen LogP contribution >= 0.6 is 0 Å². The van der Waals surface area contributed by atoms with Gasteiger partial charge in [-0.15, -0.1) is 10.2 Å². The minimum absolute atomic E-state index is 0.142. The number of carbonyl (C=O) groups excluding carboxylic acids is 2. The Balaban J connectivity index is 1.34. The highest BCUT2D eigenvalue weighted by atomic mass is 16.3. The third kappa shape index (κ3) is 6.10. The molecule has 42 heavy (non-hydrogen) atoms. The molecule has 1 unspecified atom stereocenters. The standard InChI is InChI=1S/C30H36N8O4/c1-30(2,15-20(40)17-39)26(31)28(41)33-24-12-11-23-25(13-14-32-23)38(29(24)42)16-18-7-9-19(10-8-18)21-5-3-4-6-22(21)27-34-36-37-35-27/h3-10,13-14,20,24,26,32,39-40H,11-12,15-17,31H2,1-2H3,(H,33,41)(H,34,35,36,37)/t20-,24+,26?/m0/s1. The van der Waals surface area contributed by atoms with Crippen molar-refractivity contribution in [3.05, 3.63) is 72.1 Å². The van der Waals surface area contributed by atoms with E-state index in [1.54, 1.807) is 18.7 Å². The number of hydrogen-bond acceptors (Lipinski definition) is 8. The predicted octanol–water partition coefficient (Wildman–Crippen LogP) is 1.92. The van der Waals surface area contributed by atoms with Crippen LogP contribution in [-0.2, 0) is 22.6 Å². The zero-order valence-electron chi connectivity index (χ0n) is 23.6. The molecule has 12 nitrogen and oxygen atoms in total. The summed E-state index contributed by atoms with van der Waals surface area (Å²) in [5, 5.41) is 36.4. The molecular formula is C30H36N8O4. The maximum atomic E-state index is 13.9. The fraction of sp³-hybridized carbons (Fsp3) is 0.367. The Hall–Kier alpha value is -4.39. The van der Waals surface area contributed by atoms with E-state index in [9.17, 15) is 19.8 Å². The van der Waals surface area contributed by atoms with E-state index in [2.05, 4.69) is 30.9 Å². The number of nitrogens with two attached hydrogens (primary N) is 1. The molecule has 0 spiro atoms. The SMILES string of the molecule is CC(C)(C[C@H](O)CO)C(N)C(=O)N[C@@H]1CCc2[nH]ccc2N(Cc2ccc(-c3ccccc3-c3nn[nH]n3)cc2)C1=O. The van der Waals surface area contributed by atoms with Gasteiger partial charge in [0.2, 0.25) is 17.6 Å². The Labute approximate surface area is 243 Å². The number of aromatic nitrogens is 5. The van der Waals surface area contributed by atoms with Crippen LogP contribution in [0.25, 0.3) is 22.5 Å². The molecule has 2 amide bonds. The molecule has 4 aromatic rings. The van der Waals surface area contributed by atoms with E-state index in [0.717, 1.165) is 33.6 Å². The van der Waals surface area contributed by atoms with Gasteiger partial charge in [-0.25, -0.2) is 0 Å². The summed E-state index contributed by atoms with van der Waals surface area (Å²) in [4.78, 5) is 32.0. The molecule has 0 saturated carbocycles. The quantitative estimate of drug-likeness (QED) is 0.166. The number of aliphatic hydroxyl groups excluding tert-OH is 2. The number of benzene rings is 2. The number of hydrogen-bond donors (Lipinski definition) is 6. The summed E-state index contributed by atoms with van der Waals surface area (Å²) in [6.07, 6.45) is 1.95. The van der Waals surface area contributed by atoms with Gasteiger partial charge in [0.1, 0.15) is 6.04 Å². The number of carbonyl (C=O) groups is 2. The van der Waals surface area contributed by atoms with Crippen molar-refractivity contribution >= 4 is 17.5 Å². The van der Waals surface area contributed by atoms with Gasteiger partial charge in [-0.1, -0.05) is 62.4 Å². The molecule has 1 aliphatic rings. The van der Waals surface area contributed by atoms with Crippen LogP contribution in [0.4, 0.5) is 5.69 Å². The number of aliphatic hydroxyl groups is 2. The van der Waals surface area contributed by atoms with Crippen molar-refractivity contribution in [2.45, 2.75) is 57.8 Å². The second-order valence-electron chi connectivity index (χ2n) is 11.4. The van der Waals surface area contributed by atoms with Crippen molar-refractivity contribution in [2.24, 2.45) is 11.1 Å². The average Bonchev–Trinajstić information content (AvgIpc) is 3.68. The van der Waals surface area contributed by atoms with Crippen LogP contribution in [0.2, 0.25) is 0 Å². The summed E-state index contributed by atoms with van der Waals surface area (Å²) in [5.41, 5.74) is 10.9. The number of rotatable bonds is 10. The van der Waals surface area contributed by atoms with Crippen molar-refractivity contribution < 1.29 is 19.8 Å². The summed E-state index contributed by atoms with van der Waals surface area (Å²) < 4.78 is 0. The maximum Gasteiger partial charge on any atom is 0.249 e. The topological polar surface area (TPSA) is 186 Å². The minimum atomic E-state index is -0.988. The molecule has 0 aliphatic carbocycles. The van der Waals surface area contributed by atoms with Gasteiger partial charge >= 0.3 is 0 Å². The maximum absolute atomic E-state index is 13.9. The van der Waals surface area contributed by atoms with Crippen molar-refractivity contribution in [3.63, 3.8) is 0 Å². The van der Waals surface area contributed by atoms with Crippen LogP contribution in [0.5, 0.6) is 0 Å². The average molecular weight is 573 g/mol. The third-order valence-corrected chi connectivity index (χ3v) is 7.88. The number of H-pyrrole nitrogens is 2. The first-order valence-electron chi connectivity index (χ1n) is 13.9. The van der Waals surface area contributed by atoms with E-state index in [1.807, 2.05) is 60.8 Å². The lowest BCUT2D eigenvalue weighted by Crippen LogP contribution is -2.56. The van der Waals surface area contributed by atoms with E-state index in [0.29, 0.717) is 25.2 Å². The van der Waals surface area contributed by atoms with Crippen LogP contribution in [0.3, 0.4) is 0 Å². The van der Waals surface area contributed by atoms with Gasteiger partial charge in [0.05, 0.1) is 31.0 Å². The fourth-order valence-electron chi connectivity index (χ4n) is 5.46. The normalized spacial score (nSPS) is 16.9. The summed E-state index contributed by atoms with van der Waals surface area (Å²) in [6, 6.07) is 15.9. The number of tetrazole rings is 1. The molecule has 1 aliphatic heterocycles. The molecule has 5 rings (SSSR count). The Bertz CT molecular complexity index is 1520. The summed E-state index contributed by atoms with van der Waals surface area (Å²) >= 11 is 0. The highest BCUT2D eigenvalue weighted by molar-refractivity contribution is 6.00. The minimum Gasteiger partial charge on any atom is -0.394 e. The Kier molecular flexibility index (Phi) is 8.48. The number of nitrogens with zero attached hydrogens (tertiary/aromatic N) is 4. The lowest BCUT2D eigenvalue weighted by molar-refractivity contribution is -0.130. The van der Waals surface area contributed by atoms with Gasteiger partial charge in [-0.3, -0.25) is 9.59 Å². The van der Waals surface area contributed by atoms with E-state index >= 15 is 0 Å². The van der Waals surface area contributed by atoms with Crippen molar-refractivity contribution in [1.82, 2.24) is 30.9 Å². The molecule has 0 fully saturated rings. The second-order valence-corrected chi connectivity index (χ2v) is 11.4. The second kappa shape index (κ2) is 12.2. The molecule has 3 heterocycles. The predicted molar refractivity (Wildman–Crippen MR) is 157 cm³/mol. The molecule has 12 heteroatoms. The largest absolute Gasteiger partial charge is 0.394 e. The highest BCUT2D eigenvalue weighted by Gasteiger charge is 2.38. The van der Waals surface area contributed by atoms with Crippen molar-refractivity contribution in [1.29, 1.82) is 0 Å². The van der Waals surface area contributed by atoms with Gasteiger partial charge in [0.25, 0.3) is 0 Å². The van der Waals surface area contributed by atoms with Gasteiger partial charge in [-0.05, 0) is 52.6 Å².